The molecule has 2 heterocycles. The summed E-state index contributed by atoms with van der Waals surface area (Å²) in [7, 11) is 0. The van der Waals surface area contributed by atoms with Gasteiger partial charge in [-0.3, -0.25) is 4.79 Å². The third-order valence-corrected chi connectivity index (χ3v) is 8.74. The predicted octanol–water partition coefficient (Wildman–Crippen LogP) is 1.40. The van der Waals surface area contributed by atoms with Crippen LogP contribution in [-0.2, 0) is 9.53 Å². The molecule has 6 fully saturated rings. The Labute approximate surface area is 148 Å². The fraction of sp³-hybridized carbons (Fsp3) is 0.850. The van der Waals surface area contributed by atoms with E-state index >= 15 is 0 Å². The molecule has 0 aromatic rings. The highest BCUT2D eigenvalue weighted by atomic mass is 16.6. The van der Waals surface area contributed by atoms with Gasteiger partial charge in [-0.2, -0.15) is 0 Å². The van der Waals surface area contributed by atoms with Crippen LogP contribution in [0.1, 0.15) is 46.0 Å². The Hall–Kier alpha value is -0.750. The Morgan fingerprint density at radius 1 is 1.16 bits per heavy atom. The van der Waals surface area contributed by atoms with E-state index in [4.69, 9.17) is 4.74 Å². The smallest absolute Gasteiger partial charge is 0.170 e. The second-order valence-electron chi connectivity index (χ2n) is 9.84. The largest absolute Gasteiger partial charge is 0.393 e. The maximum absolute atomic E-state index is 13.3. The van der Waals surface area contributed by atoms with Crippen molar-refractivity contribution in [2.75, 3.05) is 0 Å². The van der Waals surface area contributed by atoms with Crippen LogP contribution in [0, 0.1) is 34.0 Å². The molecule has 9 atom stereocenters. The van der Waals surface area contributed by atoms with Crippen molar-refractivity contribution in [2.45, 2.75) is 70.6 Å². The number of ketones is 1. The van der Waals surface area contributed by atoms with Gasteiger partial charge in [0.2, 0.25) is 0 Å². The highest BCUT2D eigenvalue weighted by molar-refractivity contribution is 6.04. The van der Waals surface area contributed by atoms with E-state index in [1.165, 1.54) is 0 Å². The minimum Gasteiger partial charge on any atom is -0.393 e. The summed E-state index contributed by atoms with van der Waals surface area (Å²) < 4.78 is 5.99. The van der Waals surface area contributed by atoms with Crippen LogP contribution in [0.4, 0.5) is 0 Å². The van der Waals surface area contributed by atoms with Crippen molar-refractivity contribution < 1.29 is 24.9 Å². The number of ether oxygens (including phenoxy) is 1. The number of carbonyl (C=O) groups excluding carboxylic acids is 1. The van der Waals surface area contributed by atoms with Crippen molar-refractivity contribution in [1.82, 2.24) is 0 Å². The summed E-state index contributed by atoms with van der Waals surface area (Å²) in [5.74, 6) is -0.793. The summed E-state index contributed by atoms with van der Waals surface area (Å²) in [5.41, 5.74) is -1.34. The number of rotatable bonds is 0. The first-order valence-corrected chi connectivity index (χ1v) is 9.62. The Bertz CT molecular complexity index is 671. The van der Waals surface area contributed by atoms with Crippen molar-refractivity contribution in [3.05, 3.63) is 12.2 Å². The number of hydrogen-bond donors (Lipinski definition) is 3. The van der Waals surface area contributed by atoms with Crippen LogP contribution >= 0.6 is 0 Å². The van der Waals surface area contributed by atoms with Gasteiger partial charge in [0.15, 0.2) is 12.1 Å². The van der Waals surface area contributed by atoms with Gasteiger partial charge in [-0.15, -0.1) is 0 Å². The lowest BCUT2D eigenvalue weighted by Gasteiger charge is -2.72. The molecule has 4 aliphatic carbocycles. The number of aliphatic hydroxyl groups excluding tert-OH is 3. The molecule has 0 unspecified atom stereocenters. The first-order chi connectivity index (χ1) is 11.7. The van der Waals surface area contributed by atoms with Crippen molar-refractivity contribution in [3.8, 4) is 0 Å². The van der Waals surface area contributed by atoms with Gasteiger partial charge in [0.05, 0.1) is 23.7 Å². The van der Waals surface area contributed by atoms with Gasteiger partial charge in [-0.25, -0.2) is 0 Å². The molecule has 0 aromatic carbocycles. The number of fused-ring (bicyclic) bond motifs is 2. The van der Waals surface area contributed by atoms with Crippen LogP contribution < -0.4 is 0 Å². The highest BCUT2D eigenvalue weighted by Crippen LogP contribution is 2.75. The van der Waals surface area contributed by atoms with Crippen molar-refractivity contribution in [1.29, 1.82) is 0 Å². The van der Waals surface area contributed by atoms with Gasteiger partial charge < -0.3 is 20.1 Å². The number of carbonyl (C=O) groups is 1. The number of aliphatic hydroxyl groups is 3. The fourth-order valence-electron chi connectivity index (χ4n) is 7.90. The summed E-state index contributed by atoms with van der Waals surface area (Å²) in [5, 5.41) is 33.2. The monoisotopic (exact) mass is 348 g/mol. The van der Waals surface area contributed by atoms with Crippen LogP contribution in [0.3, 0.4) is 0 Å². The molecule has 138 valence electrons. The standard InChI is InChI=1S/C20H28O5/c1-9-10-7-11(21)14-19-6-4-5-18(2,3)12(19)8-13(25-17(19)24)20(14,15(9)22)16(10)23/h10-14,16-17,21,23-24H,1,4-8H2,2-3H3/t10-,11-,12+,13+,14-,16+,17+,19-,20+/m0/s1. The van der Waals surface area contributed by atoms with E-state index in [2.05, 4.69) is 20.4 Å². The number of hydrogen-bond acceptors (Lipinski definition) is 5. The van der Waals surface area contributed by atoms with E-state index in [-0.39, 0.29) is 23.0 Å². The quantitative estimate of drug-likeness (QED) is 0.576. The third kappa shape index (κ3) is 1.51. The molecule has 2 spiro atoms. The van der Waals surface area contributed by atoms with Gasteiger partial charge in [0.1, 0.15) is 0 Å². The average Bonchev–Trinajstić information content (AvgIpc) is 2.65. The zero-order chi connectivity index (χ0) is 17.9. The van der Waals surface area contributed by atoms with Crippen LogP contribution in [0.5, 0.6) is 0 Å². The molecule has 6 aliphatic rings. The van der Waals surface area contributed by atoms with E-state index < -0.39 is 41.3 Å². The SMILES string of the molecule is C=C1C(=O)[C@]23[C@H](O)[C@H]1C[C@H](O)[C@H]2[C@]12CCCC(C)(C)[C@H]1C[C@H]3O[C@H]2O. The molecule has 0 amide bonds. The zero-order valence-electron chi connectivity index (χ0n) is 14.9. The molecule has 25 heavy (non-hydrogen) atoms. The van der Waals surface area contributed by atoms with Crippen LogP contribution in [0.25, 0.3) is 0 Å². The molecule has 2 saturated heterocycles. The normalized spacial score (nSPS) is 58.8. The fourth-order valence-corrected chi connectivity index (χ4v) is 7.90. The lowest BCUT2D eigenvalue weighted by atomic mass is 9.37. The van der Waals surface area contributed by atoms with Crippen molar-refractivity contribution in [3.63, 3.8) is 0 Å². The van der Waals surface area contributed by atoms with Crippen LogP contribution in [0.15, 0.2) is 12.2 Å². The topological polar surface area (TPSA) is 87.0 Å². The first kappa shape index (κ1) is 16.4. The number of Topliss-reactive ketones (excluding diaryl/α,β-unsaturated/α-hetero) is 1. The van der Waals surface area contributed by atoms with Gasteiger partial charge in [0.25, 0.3) is 0 Å². The summed E-state index contributed by atoms with van der Waals surface area (Å²) in [6.07, 6.45) is 0.652. The maximum Gasteiger partial charge on any atom is 0.170 e. The predicted molar refractivity (Wildman–Crippen MR) is 89.2 cm³/mol. The van der Waals surface area contributed by atoms with Gasteiger partial charge >= 0.3 is 0 Å². The molecule has 0 aromatic heterocycles. The Morgan fingerprint density at radius 3 is 2.60 bits per heavy atom. The molecular weight excluding hydrogens is 320 g/mol. The van der Waals surface area contributed by atoms with E-state index in [1.54, 1.807) is 0 Å². The summed E-state index contributed by atoms with van der Waals surface area (Å²) >= 11 is 0. The van der Waals surface area contributed by atoms with Gasteiger partial charge in [0, 0.05) is 17.3 Å². The maximum atomic E-state index is 13.3. The van der Waals surface area contributed by atoms with Crippen molar-refractivity contribution >= 4 is 5.78 Å². The molecule has 6 rings (SSSR count). The molecule has 2 aliphatic heterocycles. The minimum absolute atomic E-state index is 0.0169. The molecule has 5 nitrogen and oxygen atoms in total. The van der Waals surface area contributed by atoms with E-state index in [0.29, 0.717) is 18.4 Å². The lowest BCUT2D eigenvalue weighted by molar-refractivity contribution is -0.393. The molecule has 4 bridgehead atoms. The second-order valence-corrected chi connectivity index (χ2v) is 9.84. The van der Waals surface area contributed by atoms with Crippen LogP contribution in [0.2, 0.25) is 0 Å². The van der Waals surface area contributed by atoms with Crippen molar-refractivity contribution in [2.24, 2.45) is 34.0 Å². The van der Waals surface area contributed by atoms with Gasteiger partial charge in [-0.05, 0) is 42.6 Å². The molecule has 3 N–H and O–H groups in total. The lowest BCUT2D eigenvalue weighted by Crippen LogP contribution is -2.78. The zero-order valence-corrected chi connectivity index (χ0v) is 14.9. The molecular formula is C20H28O5. The Morgan fingerprint density at radius 2 is 1.88 bits per heavy atom. The molecule has 0 radical (unpaired) electrons. The summed E-state index contributed by atoms with van der Waals surface area (Å²) in [6.45, 7) is 8.39. The average molecular weight is 348 g/mol. The van der Waals surface area contributed by atoms with E-state index in [9.17, 15) is 20.1 Å². The Kier molecular flexibility index (Phi) is 2.99. The molecule has 4 saturated carbocycles. The second kappa shape index (κ2) is 4.56. The first-order valence-electron chi connectivity index (χ1n) is 9.62. The van der Waals surface area contributed by atoms with E-state index in [1.807, 2.05) is 0 Å². The summed E-state index contributed by atoms with van der Waals surface area (Å²) in [6, 6.07) is 0. The van der Waals surface area contributed by atoms with Crippen LogP contribution in [-0.4, -0.2) is 45.7 Å². The minimum atomic E-state index is -1.12. The highest BCUT2D eigenvalue weighted by Gasteiger charge is 2.81. The third-order valence-electron chi connectivity index (χ3n) is 8.74. The van der Waals surface area contributed by atoms with Gasteiger partial charge in [-0.1, -0.05) is 26.8 Å². The van der Waals surface area contributed by atoms with E-state index in [0.717, 1.165) is 19.3 Å². The molecule has 5 heteroatoms. The summed E-state index contributed by atoms with van der Waals surface area (Å²) in [4.78, 5) is 13.3. The Balaban J connectivity index is 1.76.